The van der Waals surface area contributed by atoms with Crippen LogP contribution in [0.3, 0.4) is 0 Å². The molecule has 1 fully saturated rings. The molecule has 3 N–H and O–H groups in total. The normalized spacial score (nSPS) is 20.2. The Balaban J connectivity index is 2.18. The molecule has 1 amide bonds. The van der Waals surface area contributed by atoms with E-state index in [1.165, 1.54) is 16.8 Å². The molecule has 1 aliphatic rings. The summed E-state index contributed by atoms with van der Waals surface area (Å²) in [6.07, 6.45) is 4.20. The molecule has 0 bridgehead atoms. The Hall–Kier alpha value is -1.74. The number of rotatable bonds is 4. The van der Waals surface area contributed by atoms with Crippen LogP contribution in [0.15, 0.2) is 6.20 Å². The summed E-state index contributed by atoms with van der Waals surface area (Å²) in [5.41, 5.74) is 6.00. The number of carbonyl (C=O) groups is 1. The Bertz CT molecular complexity index is 646. The number of sulfonamides is 1. The van der Waals surface area contributed by atoms with Gasteiger partial charge in [-0.05, 0) is 19.8 Å². The van der Waals surface area contributed by atoms with Crippen molar-refractivity contribution in [2.75, 3.05) is 24.7 Å². The lowest BCUT2D eigenvalue weighted by Crippen LogP contribution is -2.45. The second-order valence-corrected chi connectivity index (χ2v) is 7.16. The Labute approximate surface area is 123 Å². The van der Waals surface area contributed by atoms with E-state index in [0.717, 1.165) is 12.8 Å². The third-order valence-corrected chi connectivity index (χ3v) is 4.59. The summed E-state index contributed by atoms with van der Waals surface area (Å²) in [6, 6.07) is -0.123. The molecule has 116 valence electrons. The van der Waals surface area contributed by atoms with E-state index in [1.807, 2.05) is 0 Å². The molecule has 0 aliphatic carbocycles. The quantitative estimate of drug-likeness (QED) is 0.789. The zero-order valence-corrected chi connectivity index (χ0v) is 12.9. The molecule has 1 saturated heterocycles. The molecule has 8 nitrogen and oxygen atoms in total. The van der Waals surface area contributed by atoms with E-state index in [1.54, 1.807) is 6.92 Å². The molecular formula is C12H19N5O3S. The number of aryl methyl sites for hydroxylation is 1. The van der Waals surface area contributed by atoms with E-state index in [4.69, 9.17) is 5.73 Å². The van der Waals surface area contributed by atoms with E-state index >= 15 is 0 Å². The summed E-state index contributed by atoms with van der Waals surface area (Å²) in [6.45, 7) is 2.61. The number of hydrogen-bond acceptors (Lipinski definition) is 6. The van der Waals surface area contributed by atoms with Crippen molar-refractivity contribution in [3.63, 3.8) is 0 Å². The first-order chi connectivity index (χ1) is 9.77. The fourth-order valence-electron chi connectivity index (χ4n) is 2.31. The van der Waals surface area contributed by atoms with Gasteiger partial charge in [0.15, 0.2) is 11.5 Å². The molecule has 1 aliphatic heterocycles. The van der Waals surface area contributed by atoms with Crippen LogP contribution in [0.5, 0.6) is 0 Å². The lowest BCUT2D eigenvalue weighted by Gasteiger charge is -2.31. The number of nitrogens with one attached hydrogen (secondary N) is 1. The average molecular weight is 313 g/mol. The minimum atomic E-state index is -3.22. The summed E-state index contributed by atoms with van der Waals surface area (Å²) in [5, 5.41) is 3.09. The van der Waals surface area contributed by atoms with Gasteiger partial charge < -0.3 is 11.1 Å². The Morgan fingerprint density at radius 2 is 2.24 bits per heavy atom. The van der Waals surface area contributed by atoms with Crippen LogP contribution in [-0.4, -0.2) is 54.0 Å². The predicted molar refractivity (Wildman–Crippen MR) is 78.3 cm³/mol. The van der Waals surface area contributed by atoms with Gasteiger partial charge in [0.25, 0.3) is 5.91 Å². The molecule has 1 aromatic heterocycles. The first-order valence-corrected chi connectivity index (χ1v) is 8.47. The molecule has 1 atom stereocenters. The van der Waals surface area contributed by atoms with Gasteiger partial charge in [-0.1, -0.05) is 0 Å². The Kier molecular flexibility index (Phi) is 4.43. The second-order valence-electron chi connectivity index (χ2n) is 5.18. The van der Waals surface area contributed by atoms with Gasteiger partial charge in [-0.2, -0.15) is 0 Å². The van der Waals surface area contributed by atoms with Crippen LogP contribution >= 0.6 is 0 Å². The van der Waals surface area contributed by atoms with E-state index in [9.17, 15) is 13.2 Å². The molecule has 1 aromatic rings. The maximum absolute atomic E-state index is 11.6. The smallest absolute Gasteiger partial charge is 0.271 e. The first-order valence-electron chi connectivity index (χ1n) is 6.62. The zero-order chi connectivity index (χ0) is 15.6. The minimum Gasteiger partial charge on any atom is -0.364 e. The van der Waals surface area contributed by atoms with Crippen molar-refractivity contribution in [3.8, 4) is 0 Å². The second kappa shape index (κ2) is 5.94. The molecular weight excluding hydrogens is 294 g/mol. The van der Waals surface area contributed by atoms with Crippen LogP contribution < -0.4 is 11.1 Å². The summed E-state index contributed by atoms with van der Waals surface area (Å²) >= 11 is 0. The van der Waals surface area contributed by atoms with Crippen LogP contribution in [0.25, 0.3) is 0 Å². The number of piperidine rings is 1. The van der Waals surface area contributed by atoms with Gasteiger partial charge in [0.1, 0.15) is 0 Å². The van der Waals surface area contributed by atoms with Crippen molar-refractivity contribution in [3.05, 3.63) is 17.6 Å². The fourth-order valence-corrected chi connectivity index (χ4v) is 3.22. The predicted octanol–water partition coefficient (Wildman–Crippen LogP) is -0.280. The number of primary amides is 1. The highest BCUT2D eigenvalue weighted by Gasteiger charge is 2.27. The highest BCUT2D eigenvalue weighted by Crippen LogP contribution is 2.18. The lowest BCUT2D eigenvalue weighted by molar-refractivity contribution is 0.0996. The van der Waals surface area contributed by atoms with Gasteiger partial charge in [-0.25, -0.2) is 22.7 Å². The first kappa shape index (κ1) is 15.6. The van der Waals surface area contributed by atoms with Gasteiger partial charge in [-0.3, -0.25) is 4.79 Å². The number of aromatic nitrogens is 2. The number of nitrogens with two attached hydrogens (primary N) is 1. The standard InChI is InChI=1S/C12H19N5O3S/c1-8-6-14-10(11(13)18)12(15-8)16-9-4-3-5-17(7-9)21(2,19)20/h6,9H,3-5,7H2,1-2H3,(H2,13,18)(H,15,16)/t9-/m1/s1. The third-order valence-electron chi connectivity index (χ3n) is 3.32. The van der Waals surface area contributed by atoms with Crippen molar-refractivity contribution in [1.82, 2.24) is 14.3 Å². The number of anilines is 1. The number of amides is 1. The highest BCUT2D eigenvalue weighted by molar-refractivity contribution is 7.88. The average Bonchev–Trinajstić information content (AvgIpc) is 2.37. The minimum absolute atomic E-state index is 0.0667. The van der Waals surface area contributed by atoms with E-state index in [0.29, 0.717) is 24.6 Å². The van der Waals surface area contributed by atoms with Gasteiger partial charge in [0, 0.05) is 25.3 Å². The molecule has 0 radical (unpaired) electrons. The van der Waals surface area contributed by atoms with Gasteiger partial charge in [0.05, 0.1) is 11.9 Å². The Morgan fingerprint density at radius 1 is 1.52 bits per heavy atom. The molecule has 0 saturated carbocycles. The van der Waals surface area contributed by atoms with Crippen LogP contribution in [0, 0.1) is 6.92 Å². The maximum Gasteiger partial charge on any atom is 0.271 e. The topological polar surface area (TPSA) is 118 Å². The number of carbonyl (C=O) groups excluding carboxylic acids is 1. The summed E-state index contributed by atoms with van der Waals surface area (Å²) in [7, 11) is -3.22. The van der Waals surface area contributed by atoms with Gasteiger partial charge in [-0.15, -0.1) is 0 Å². The molecule has 0 spiro atoms. The SMILES string of the molecule is Cc1cnc(C(N)=O)c(N[C@@H]2CCCN(S(C)(=O)=O)C2)n1. The fraction of sp³-hybridized carbons (Fsp3) is 0.583. The van der Waals surface area contributed by atoms with E-state index in [2.05, 4.69) is 15.3 Å². The highest BCUT2D eigenvalue weighted by atomic mass is 32.2. The zero-order valence-electron chi connectivity index (χ0n) is 12.0. The molecule has 21 heavy (non-hydrogen) atoms. The van der Waals surface area contributed by atoms with Crippen LogP contribution in [0.2, 0.25) is 0 Å². The number of hydrogen-bond donors (Lipinski definition) is 2. The van der Waals surface area contributed by atoms with Crippen molar-refractivity contribution in [1.29, 1.82) is 0 Å². The molecule has 0 aromatic carbocycles. The van der Waals surface area contributed by atoms with Crippen molar-refractivity contribution >= 4 is 21.7 Å². The van der Waals surface area contributed by atoms with Gasteiger partial charge in [0.2, 0.25) is 10.0 Å². The lowest BCUT2D eigenvalue weighted by atomic mass is 10.1. The third kappa shape index (κ3) is 3.88. The van der Waals surface area contributed by atoms with Crippen molar-refractivity contribution in [2.24, 2.45) is 5.73 Å². The summed E-state index contributed by atoms with van der Waals surface area (Å²) in [5.74, 6) is -0.358. The summed E-state index contributed by atoms with van der Waals surface area (Å²) < 4.78 is 24.6. The van der Waals surface area contributed by atoms with Crippen molar-refractivity contribution < 1.29 is 13.2 Å². The molecule has 2 rings (SSSR count). The molecule has 0 unspecified atom stereocenters. The summed E-state index contributed by atoms with van der Waals surface area (Å²) in [4.78, 5) is 19.6. The van der Waals surface area contributed by atoms with E-state index in [-0.39, 0.29) is 11.7 Å². The van der Waals surface area contributed by atoms with Crippen molar-refractivity contribution in [2.45, 2.75) is 25.8 Å². The monoisotopic (exact) mass is 313 g/mol. The largest absolute Gasteiger partial charge is 0.364 e. The van der Waals surface area contributed by atoms with Crippen LogP contribution in [0.4, 0.5) is 5.82 Å². The van der Waals surface area contributed by atoms with Crippen LogP contribution in [0.1, 0.15) is 29.0 Å². The van der Waals surface area contributed by atoms with Crippen LogP contribution in [-0.2, 0) is 10.0 Å². The maximum atomic E-state index is 11.6. The molecule has 9 heteroatoms. The number of nitrogens with zero attached hydrogens (tertiary/aromatic N) is 3. The Morgan fingerprint density at radius 3 is 2.86 bits per heavy atom. The van der Waals surface area contributed by atoms with Gasteiger partial charge >= 0.3 is 0 Å². The molecule has 2 heterocycles. The van der Waals surface area contributed by atoms with E-state index < -0.39 is 15.9 Å².